The minimum absolute atomic E-state index is 0.210. The Balaban J connectivity index is 3.17. The lowest BCUT2D eigenvalue weighted by atomic mass is 10.0. The van der Waals surface area contributed by atoms with E-state index >= 15 is 0 Å². The third-order valence-corrected chi connectivity index (χ3v) is 1.72. The molecule has 0 aromatic carbocycles. The van der Waals surface area contributed by atoms with Gasteiger partial charge < -0.3 is 10.2 Å². The van der Waals surface area contributed by atoms with Crippen molar-refractivity contribution >= 4 is 5.97 Å². The van der Waals surface area contributed by atoms with Crippen molar-refractivity contribution in [1.82, 2.24) is 0 Å². The molecule has 0 heterocycles. The molecule has 0 aromatic rings. The summed E-state index contributed by atoms with van der Waals surface area (Å²) in [6.45, 7) is 1.92. The van der Waals surface area contributed by atoms with E-state index in [0.717, 1.165) is 25.7 Å². The molecule has 1 atom stereocenters. The van der Waals surface area contributed by atoms with E-state index in [-0.39, 0.29) is 12.5 Å². The minimum Gasteiger partial charge on any atom is -0.481 e. The molecule has 0 fully saturated rings. The van der Waals surface area contributed by atoms with Gasteiger partial charge in [0.05, 0.1) is 5.92 Å². The molecule has 0 spiro atoms. The highest BCUT2D eigenvalue weighted by Crippen LogP contribution is 2.08. The molecule has 0 saturated heterocycles. The zero-order valence-electron chi connectivity index (χ0n) is 6.92. The number of carbonyl (C=O) groups is 1. The van der Waals surface area contributed by atoms with Gasteiger partial charge in [0.15, 0.2) is 0 Å². The molecule has 0 rings (SSSR count). The van der Waals surface area contributed by atoms with E-state index in [1.807, 2.05) is 0 Å². The molecule has 0 amide bonds. The lowest BCUT2D eigenvalue weighted by Crippen LogP contribution is -2.08. The van der Waals surface area contributed by atoms with E-state index in [1.54, 1.807) is 6.92 Å². The molecule has 1 unspecified atom stereocenters. The van der Waals surface area contributed by atoms with Gasteiger partial charge in [-0.05, 0) is 12.8 Å². The number of hydrogen-bond acceptors (Lipinski definition) is 2. The maximum absolute atomic E-state index is 10.3. The Kier molecular flexibility index (Phi) is 5.84. The van der Waals surface area contributed by atoms with Gasteiger partial charge in [0, 0.05) is 6.61 Å². The van der Waals surface area contributed by atoms with Gasteiger partial charge in [0.25, 0.3) is 0 Å². The first-order chi connectivity index (χ1) is 5.18. The standard InChI is InChI=1S/C8H16O3/c1-7(8(10)11)5-3-2-4-6-9/h7,9H,2-6H2,1H3,(H,10,11). The topological polar surface area (TPSA) is 57.5 Å². The number of aliphatic hydroxyl groups excluding tert-OH is 1. The Labute approximate surface area is 67.0 Å². The number of carboxylic acids is 1. The predicted molar refractivity (Wildman–Crippen MR) is 42.4 cm³/mol. The van der Waals surface area contributed by atoms with Gasteiger partial charge in [0.2, 0.25) is 0 Å². The van der Waals surface area contributed by atoms with Crippen molar-refractivity contribution < 1.29 is 15.0 Å². The summed E-state index contributed by atoms with van der Waals surface area (Å²) in [7, 11) is 0. The Morgan fingerprint density at radius 1 is 1.36 bits per heavy atom. The summed E-state index contributed by atoms with van der Waals surface area (Å²) in [5.41, 5.74) is 0. The highest BCUT2D eigenvalue weighted by atomic mass is 16.4. The largest absolute Gasteiger partial charge is 0.481 e. The fourth-order valence-corrected chi connectivity index (χ4v) is 0.863. The number of rotatable bonds is 6. The first kappa shape index (κ1) is 10.4. The van der Waals surface area contributed by atoms with Crippen LogP contribution in [0.15, 0.2) is 0 Å². The van der Waals surface area contributed by atoms with Gasteiger partial charge in [0.1, 0.15) is 0 Å². The smallest absolute Gasteiger partial charge is 0.306 e. The lowest BCUT2D eigenvalue weighted by Gasteiger charge is -2.03. The molecule has 3 heteroatoms. The Morgan fingerprint density at radius 2 is 2.00 bits per heavy atom. The van der Waals surface area contributed by atoms with Crippen LogP contribution in [0.3, 0.4) is 0 Å². The second kappa shape index (κ2) is 6.16. The molecule has 0 aliphatic carbocycles. The zero-order chi connectivity index (χ0) is 8.69. The van der Waals surface area contributed by atoms with Gasteiger partial charge in [-0.2, -0.15) is 0 Å². The molecular formula is C8H16O3. The minimum atomic E-state index is -0.728. The predicted octanol–water partition coefficient (Wildman–Crippen LogP) is 1.26. The lowest BCUT2D eigenvalue weighted by molar-refractivity contribution is -0.141. The molecule has 3 nitrogen and oxygen atoms in total. The second-order valence-electron chi connectivity index (χ2n) is 2.81. The van der Waals surface area contributed by atoms with Crippen LogP contribution < -0.4 is 0 Å². The van der Waals surface area contributed by atoms with Crippen molar-refractivity contribution in [2.75, 3.05) is 6.61 Å². The van der Waals surface area contributed by atoms with Crippen molar-refractivity contribution in [2.24, 2.45) is 5.92 Å². The van der Waals surface area contributed by atoms with Crippen LogP contribution in [0, 0.1) is 5.92 Å². The van der Waals surface area contributed by atoms with Crippen LogP contribution in [0.1, 0.15) is 32.6 Å². The average Bonchev–Trinajstić information content (AvgIpc) is 1.97. The summed E-state index contributed by atoms with van der Waals surface area (Å²) in [6, 6.07) is 0. The molecule has 0 radical (unpaired) electrons. The summed E-state index contributed by atoms with van der Waals surface area (Å²) in [6.07, 6.45) is 3.32. The van der Waals surface area contributed by atoms with Gasteiger partial charge in [-0.1, -0.05) is 19.8 Å². The Bertz CT molecular complexity index is 112. The Hall–Kier alpha value is -0.570. The first-order valence-electron chi connectivity index (χ1n) is 4.02. The van der Waals surface area contributed by atoms with Gasteiger partial charge in [-0.15, -0.1) is 0 Å². The number of aliphatic carboxylic acids is 1. The number of hydrogen-bond donors (Lipinski definition) is 2. The summed E-state index contributed by atoms with van der Waals surface area (Å²) in [5, 5.41) is 16.9. The molecule has 0 aliphatic heterocycles. The zero-order valence-corrected chi connectivity index (χ0v) is 6.92. The summed E-state index contributed by atoms with van der Waals surface area (Å²) in [5.74, 6) is -0.970. The normalized spacial score (nSPS) is 12.9. The molecular weight excluding hydrogens is 144 g/mol. The van der Waals surface area contributed by atoms with Crippen LogP contribution in [-0.4, -0.2) is 22.8 Å². The van der Waals surface area contributed by atoms with Crippen molar-refractivity contribution in [3.63, 3.8) is 0 Å². The Morgan fingerprint density at radius 3 is 2.45 bits per heavy atom. The van der Waals surface area contributed by atoms with E-state index in [1.165, 1.54) is 0 Å². The fourth-order valence-electron chi connectivity index (χ4n) is 0.863. The third-order valence-electron chi connectivity index (χ3n) is 1.72. The molecule has 0 saturated carbocycles. The van der Waals surface area contributed by atoms with Gasteiger partial charge in [-0.3, -0.25) is 4.79 Å². The second-order valence-corrected chi connectivity index (χ2v) is 2.81. The van der Waals surface area contributed by atoms with Crippen LogP contribution in [0.25, 0.3) is 0 Å². The van der Waals surface area contributed by atoms with Crippen LogP contribution >= 0.6 is 0 Å². The summed E-state index contributed by atoms with van der Waals surface area (Å²) >= 11 is 0. The average molecular weight is 160 g/mol. The van der Waals surface area contributed by atoms with E-state index in [0.29, 0.717) is 0 Å². The van der Waals surface area contributed by atoms with E-state index < -0.39 is 5.97 Å². The van der Waals surface area contributed by atoms with Crippen LogP contribution in [0.5, 0.6) is 0 Å². The SMILES string of the molecule is CC(CCCCCO)C(=O)O. The molecule has 0 aromatic heterocycles. The van der Waals surface area contributed by atoms with Crippen molar-refractivity contribution in [3.8, 4) is 0 Å². The maximum atomic E-state index is 10.3. The highest BCUT2D eigenvalue weighted by Gasteiger charge is 2.08. The first-order valence-corrected chi connectivity index (χ1v) is 4.02. The fraction of sp³-hybridized carbons (Fsp3) is 0.875. The van der Waals surface area contributed by atoms with Crippen molar-refractivity contribution in [3.05, 3.63) is 0 Å². The van der Waals surface area contributed by atoms with E-state index in [4.69, 9.17) is 10.2 Å². The van der Waals surface area contributed by atoms with Crippen molar-refractivity contribution in [2.45, 2.75) is 32.6 Å². The molecule has 66 valence electrons. The molecule has 0 aliphatic rings. The maximum Gasteiger partial charge on any atom is 0.306 e. The monoisotopic (exact) mass is 160 g/mol. The van der Waals surface area contributed by atoms with E-state index in [2.05, 4.69) is 0 Å². The quantitative estimate of drug-likeness (QED) is 0.575. The highest BCUT2D eigenvalue weighted by molar-refractivity contribution is 5.69. The van der Waals surface area contributed by atoms with E-state index in [9.17, 15) is 4.79 Å². The molecule has 2 N–H and O–H groups in total. The van der Waals surface area contributed by atoms with Crippen molar-refractivity contribution in [1.29, 1.82) is 0 Å². The van der Waals surface area contributed by atoms with Gasteiger partial charge >= 0.3 is 5.97 Å². The summed E-state index contributed by atoms with van der Waals surface area (Å²) in [4.78, 5) is 10.3. The molecule has 0 bridgehead atoms. The van der Waals surface area contributed by atoms with Crippen LogP contribution in [-0.2, 0) is 4.79 Å². The molecule has 11 heavy (non-hydrogen) atoms. The number of unbranched alkanes of at least 4 members (excludes halogenated alkanes) is 2. The number of aliphatic hydroxyl groups is 1. The van der Waals surface area contributed by atoms with Crippen LogP contribution in [0.2, 0.25) is 0 Å². The third kappa shape index (κ3) is 5.85. The number of carboxylic acid groups (broad SMARTS) is 1. The van der Waals surface area contributed by atoms with Gasteiger partial charge in [-0.25, -0.2) is 0 Å². The van der Waals surface area contributed by atoms with Crippen LogP contribution in [0.4, 0.5) is 0 Å². The summed E-state index contributed by atoms with van der Waals surface area (Å²) < 4.78 is 0.